The molecule has 0 spiro atoms. The Labute approximate surface area is 155 Å². The van der Waals surface area contributed by atoms with Crippen LogP contribution in [0.4, 0.5) is 21.5 Å². The van der Waals surface area contributed by atoms with E-state index in [9.17, 15) is 9.18 Å². The van der Waals surface area contributed by atoms with Gasteiger partial charge in [-0.3, -0.25) is 9.78 Å². The fourth-order valence-corrected chi connectivity index (χ4v) is 2.45. The molecular formula is C19H15FN4OS. The van der Waals surface area contributed by atoms with E-state index in [4.69, 9.17) is 12.2 Å². The fourth-order valence-electron chi connectivity index (χ4n) is 2.21. The van der Waals surface area contributed by atoms with Gasteiger partial charge in [0.25, 0.3) is 5.91 Å². The van der Waals surface area contributed by atoms with Crippen molar-refractivity contribution in [2.75, 3.05) is 16.0 Å². The Bertz CT molecular complexity index is 916. The number of rotatable bonds is 4. The highest BCUT2D eigenvalue weighted by Gasteiger charge is 2.10. The van der Waals surface area contributed by atoms with E-state index in [1.54, 1.807) is 48.8 Å². The minimum atomic E-state index is -0.560. The van der Waals surface area contributed by atoms with Crippen LogP contribution in [-0.4, -0.2) is 16.0 Å². The molecule has 5 nitrogen and oxygen atoms in total. The minimum Gasteiger partial charge on any atom is -0.332 e. The smallest absolute Gasteiger partial charge is 0.258 e. The van der Waals surface area contributed by atoms with Crippen LogP contribution in [0, 0.1) is 5.82 Å². The highest BCUT2D eigenvalue weighted by Crippen LogP contribution is 2.16. The molecule has 7 heteroatoms. The van der Waals surface area contributed by atoms with Crippen molar-refractivity contribution in [3.8, 4) is 0 Å². The monoisotopic (exact) mass is 366 g/mol. The molecule has 0 aliphatic rings. The van der Waals surface area contributed by atoms with Gasteiger partial charge in [-0.1, -0.05) is 12.1 Å². The van der Waals surface area contributed by atoms with Crippen LogP contribution in [0.1, 0.15) is 10.4 Å². The Kier molecular flexibility index (Phi) is 5.50. The Morgan fingerprint density at radius 3 is 2.15 bits per heavy atom. The molecule has 0 unspecified atom stereocenters. The van der Waals surface area contributed by atoms with Crippen LogP contribution in [-0.2, 0) is 0 Å². The summed E-state index contributed by atoms with van der Waals surface area (Å²) in [5.74, 6) is -1.06. The van der Waals surface area contributed by atoms with Crippen molar-refractivity contribution >= 4 is 40.3 Å². The Morgan fingerprint density at radius 1 is 0.846 bits per heavy atom. The number of halogens is 1. The van der Waals surface area contributed by atoms with Gasteiger partial charge in [0, 0.05) is 17.6 Å². The van der Waals surface area contributed by atoms with Crippen molar-refractivity contribution in [3.63, 3.8) is 0 Å². The highest BCUT2D eigenvalue weighted by atomic mass is 32.1. The second-order valence-corrected chi connectivity index (χ2v) is 5.74. The van der Waals surface area contributed by atoms with E-state index in [-0.39, 0.29) is 5.56 Å². The zero-order valence-corrected chi connectivity index (χ0v) is 14.4. The summed E-state index contributed by atoms with van der Waals surface area (Å²) in [7, 11) is 0. The molecule has 1 aromatic heterocycles. The Morgan fingerprint density at radius 2 is 1.50 bits per heavy atom. The van der Waals surface area contributed by atoms with Crippen molar-refractivity contribution in [2.45, 2.75) is 0 Å². The third-order valence-electron chi connectivity index (χ3n) is 3.44. The number of benzene rings is 2. The molecule has 2 aromatic carbocycles. The van der Waals surface area contributed by atoms with Crippen LogP contribution in [0.2, 0.25) is 0 Å². The standard InChI is InChI=1S/C19H15FN4OS/c20-17-6-2-1-5-16(17)18(25)22-13-7-9-14(10-8-13)23-19(26)24-15-4-3-11-21-12-15/h1-12H,(H,22,25)(H2,23,24,26). The molecule has 0 aliphatic heterocycles. The summed E-state index contributed by atoms with van der Waals surface area (Å²) in [6.45, 7) is 0. The van der Waals surface area contributed by atoms with Gasteiger partial charge in [-0.15, -0.1) is 0 Å². The molecule has 0 aliphatic carbocycles. The predicted molar refractivity (Wildman–Crippen MR) is 105 cm³/mol. The number of amides is 1. The largest absolute Gasteiger partial charge is 0.332 e. The van der Waals surface area contributed by atoms with E-state index >= 15 is 0 Å². The number of pyridine rings is 1. The van der Waals surface area contributed by atoms with Gasteiger partial charge in [-0.05, 0) is 60.7 Å². The fraction of sp³-hybridized carbons (Fsp3) is 0. The number of anilines is 3. The first-order valence-corrected chi connectivity index (χ1v) is 8.16. The van der Waals surface area contributed by atoms with Gasteiger partial charge < -0.3 is 16.0 Å². The first-order chi connectivity index (χ1) is 12.6. The van der Waals surface area contributed by atoms with Crippen molar-refractivity contribution in [2.24, 2.45) is 0 Å². The first-order valence-electron chi connectivity index (χ1n) is 7.76. The average molecular weight is 366 g/mol. The molecule has 3 aromatic rings. The molecule has 1 heterocycles. The molecule has 130 valence electrons. The van der Waals surface area contributed by atoms with Crippen molar-refractivity contribution in [1.82, 2.24) is 4.98 Å². The molecule has 1 amide bonds. The number of nitrogens with one attached hydrogen (secondary N) is 3. The maximum Gasteiger partial charge on any atom is 0.258 e. The molecule has 3 rings (SSSR count). The van der Waals surface area contributed by atoms with Crippen LogP contribution in [0.3, 0.4) is 0 Å². The second-order valence-electron chi connectivity index (χ2n) is 5.33. The van der Waals surface area contributed by atoms with E-state index in [1.807, 2.05) is 6.07 Å². The summed E-state index contributed by atoms with van der Waals surface area (Å²) in [6.07, 6.45) is 3.34. The Balaban J connectivity index is 1.59. The normalized spacial score (nSPS) is 10.0. The lowest BCUT2D eigenvalue weighted by atomic mass is 10.2. The molecule has 0 saturated heterocycles. The molecule has 0 fully saturated rings. The maximum absolute atomic E-state index is 13.6. The number of carbonyl (C=O) groups excluding carboxylic acids is 1. The maximum atomic E-state index is 13.6. The van der Waals surface area contributed by atoms with Crippen molar-refractivity contribution < 1.29 is 9.18 Å². The lowest BCUT2D eigenvalue weighted by molar-refractivity contribution is 0.102. The number of hydrogen-bond acceptors (Lipinski definition) is 3. The second kappa shape index (κ2) is 8.17. The Hall–Kier alpha value is -3.32. The van der Waals surface area contributed by atoms with Crippen molar-refractivity contribution in [3.05, 3.63) is 84.4 Å². The van der Waals surface area contributed by atoms with E-state index < -0.39 is 11.7 Å². The first kappa shape index (κ1) is 17.5. The molecule has 0 radical (unpaired) electrons. The zero-order valence-electron chi connectivity index (χ0n) is 13.6. The van der Waals surface area contributed by atoms with Gasteiger partial charge in [0.05, 0.1) is 17.4 Å². The number of nitrogens with zero attached hydrogens (tertiary/aromatic N) is 1. The van der Waals surface area contributed by atoms with E-state index in [2.05, 4.69) is 20.9 Å². The quantitative estimate of drug-likeness (QED) is 0.602. The summed E-state index contributed by atoms with van der Waals surface area (Å²) >= 11 is 5.24. The third-order valence-corrected chi connectivity index (χ3v) is 3.64. The number of aromatic nitrogens is 1. The number of carbonyl (C=O) groups is 1. The zero-order chi connectivity index (χ0) is 18.4. The van der Waals surface area contributed by atoms with Crippen LogP contribution < -0.4 is 16.0 Å². The van der Waals surface area contributed by atoms with Crippen LogP contribution >= 0.6 is 12.2 Å². The predicted octanol–water partition coefficient (Wildman–Crippen LogP) is 4.28. The van der Waals surface area contributed by atoms with Crippen molar-refractivity contribution in [1.29, 1.82) is 0 Å². The molecule has 0 atom stereocenters. The minimum absolute atomic E-state index is 0.00319. The van der Waals surface area contributed by atoms with Gasteiger partial charge in [-0.2, -0.15) is 0 Å². The van der Waals surface area contributed by atoms with Crippen LogP contribution in [0.25, 0.3) is 0 Å². The van der Waals surface area contributed by atoms with Gasteiger partial charge in [0.15, 0.2) is 5.11 Å². The summed E-state index contributed by atoms with van der Waals surface area (Å²) in [5.41, 5.74) is 2.07. The summed E-state index contributed by atoms with van der Waals surface area (Å²) < 4.78 is 13.6. The van der Waals surface area contributed by atoms with E-state index in [0.717, 1.165) is 11.4 Å². The highest BCUT2D eigenvalue weighted by molar-refractivity contribution is 7.80. The summed E-state index contributed by atoms with van der Waals surface area (Å²) in [5, 5.41) is 9.12. The molecule has 26 heavy (non-hydrogen) atoms. The topological polar surface area (TPSA) is 66.1 Å². The van der Waals surface area contributed by atoms with Gasteiger partial charge in [-0.25, -0.2) is 4.39 Å². The molecule has 0 saturated carbocycles. The van der Waals surface area contributed by atoms with Gasteiger partial charge >= 0.3 is 0 Å². The number of thiocarbonyl (C=S) groups is 1. The molecule has 3 N–H and O–H groups in total. The molecular weight excluding hydrogens is 351 g/mol. The van der Waals surface area contributed by atoms with Gasteiger partial charge in [0.2, 0.25) is 0 Å². The van der Waals surface area contributed by atoms with Crippen LogP contribution in [0.15, 0.2) is 73.1 Å². The third kappa shape index (κ3) is 4.61. The van der Waals surface area contributed by atoms with E-state index in [0.29, 0.717) is 10.8 Å². The molecule has 0 bridgehead atoms. The number of hydrogen-bond donors (Lipinski definition) is 3. The van der Waals surface area contributed by atoms with Crippen LogP contribution in [0.5, 0.6) is 0 Å². The summed E-state index contributed by atoms with van der Waals surface area (Å²) in [6, 6.07) is 16.4. The lowest BCUT2D eigenvalue weighted by Crippen LogP contribution is -2.19. The summed E-state index contributed by atoms with van der Waals surface area (Å²) in [4.78, 5) is 16.1. The average Bonchev–Trinajstić information content (AvgIpc) is 2.64. The van der Waals surface area contributed by atoms with E-state index in [1.165, 1.54) is 18.2 Å². The lowest BCUT2D eigenvalue weighted by Gasteiger charge is -2.11. The van der Waals surface area contributed by atoms with Gasteiger partial charge in [0.1, 0.15) is 5.82 Å². The SMILES string of the molecule is O=C(Nc1ccc(NC(=S)Nc2cccnc2)cc1)c1ccccc1F.